The first-order chi connectivity index (χ1) is 9.38. The van der Waals surface area contributed by atoms with Gasteiger partial charge in [-0.3, -0.25) is 0 Å². The third-order valence-electron chi connectivity index (χ3n) is 3.60. The van der Waals surface area contributed by atoms with Crippen LogP contribution in [0.3, 0.4) is 0 Å². The van der Waals surface area contributed by atoms with Crippen molar-refractivity contribution >= 4 is 21.6 Å². The number of urea groups is 1. The zero-order chi connectivity index (χ0) is 14.8. The van der Waals surface area contributed by atoms with Crippen molar-refractivity contribution in [3.8, 4) is 0 Å². The van der Waals surface area contributed by atoms with E-state index in [-0.39, 0.29) is 17.0 Å². The summed E-state index contributed by atoms with van der Waals surface area (Å²) in [5, 5.41) is 2.81. The minimum atomic E-state index is -3.20. The second-order valence-corrected chi connectivity index (χ2v) is 7.28. The van der Waals surface area contributed by atoms with Gasteiger partial charge in [0, 0.05) is 24.5 Å². The van der Waals surface area contributed by atoms with Gasteiger partial charge in [-0.2, -0.15) is 0 Å². The average molecular weight is 296 g/mol. The highest BCUT2D eigenvalue weighted by Crippen LogP contribution is 2.19. The number of anilines is 1. The Kier molecular flexibility index (Phi) is 4.32. The van der Waals surface area contributed by atoms with Gasteiger partial charge in [0.25, 0.3) is 0 Å². The standard InChI is InChI=1S/C14H20N2O3S/c1-11-5-3-4-10-16(11)14(17)15-12-6-8-13(9-7-12)20(2,18)19/h6-9,11H,3-5,10H2,1-2H3,(H,15,17)/t11-/m0/s1. The van der Waals surface area contributed by atoms with Crippen LogP contribution in [-0.4, -0.2) is 38.2 Å². The van der Waals surface area contributed by atoms with Crippen LogP contribution in [0.25, 0.3) is 0 Å². The van der Waals surface area contributed by atoms with Crippen molar-refractivity contribution in [3.05, 3.63) is 24.3 Å². The van der Waals surface area contributed by atoms with Crippen LogP contribution in [0.2, 0.25) is 0 Å². The molecule has 5 nitrogen and oxygen atoms in total. The molecule has 20 heavy (non-hydrogen) atoms. The van der Waals surface area contributed by atoms with Gasteiger partial charge in [-0.05, 0) is 50.5 Å². The van der Waals surface area contributed by atoms with Gasteiger partial charge in [0.05, 0.1) is 4.90 Å². The summed E-state index contributed by atoms with van der Waals surface area (Å²) in [6.07, 6.45) is 4.38. The summed E-state index contributed by atoms with van der Waals surface area (Å²) in [4.78, 5) is 14.2. The molecule has 0 radical (unpaired) electrons. The summed E-state index contributed by atoms with van der Waals surface area (Å²) < 4.78 is 22.7. The van der Waals surface area contributed by atoms with Crippen LogP contribution in [0.5, 0.6) is 0 Å². The molecule has 1 N–H and O–H groups in total. The lowest BCUT2D eigenvalue weighted by atomic mass is 10.0. The third kappa shape index (κ3) is 3.50. The highest BCUT2D eigenvalue weighted by atomic mass is 32.2. The molecule has 6 heteroatoms. The number of nitrogens with one attached hydrogen (secondary N) is 1. The maximum absolute atomic E-state index is 12.2. The molecule has 1 heterocycles. The van der Waals surface area contributed by atoms with Crippen molar-refractivity contribution in [2.75, 3.05) is 18.1 Å². The first kappa shape index (κ1) is 14.8. The molecule has 1 aromatic rings. The Morgan fingerprint density at radius 2 is 1.90 bits per heavy atom. The molecule has 0 unspecified atom stereocenters. The van der Waals surface area contributed by atoms with E-state index < -0.39 is 9.84 Å². The summed E-state index contributed by atoms with van der Waals surface area (Å²) in [5.74, 6) is 0. The maximum atomic E-state index is 12.2. The van der Waals surface area contributed by atoms with E-state index in [1.807, 2.05) is 11.8 Å². The van der Waals surface area contributed by atoms with E-state index in [4.69, 9.17) is 0 Å². The zero-order valence-electron chi connectivity index (χ0n) is 11.8. The van der Waals surface area contributed by atoms with E-state index in [0.29, 0.717) is 5.69 Å². The molecule has 0 saturated carbocycles. The molecular weight excluding hydrogens is 276 g/mol. The summed E-state index contributed by atoms with van der Waals surface area (Å²) in [5.41, 5.74) is 0.611. The lowest BCUT2D eigenvalue weighted by Crippen LogP contribution is -2.44. The van der Waals surface area contributed by atoms with Crippen LogP contribution in [0.15, 0.2) is 29.2 Å². The molecule has 1 saturated heterocycles. The number of piperidine rings is 1. The number of likely N-dealkylation sites (tertiary alicyclic amines) is 1. The van der Waals surface area contributed by atoms with Gasteiger partial charge in [0.1, 0.15) is 0 Å². The average Bonchev–Trinajstić information content (AvgIpc) is 2.38. The molecule has 2 amide bonds. The fraction of sp³-hybridized carbons (Fsp3) is 0.500. The molecule has 0 spiro atoms. The fourth-order valence-corrected chi connectivity index (χ4v) is 3.01. The number of amides is 2. The van der Waals surface area contributed by atoms with Gasteiger partial charge < -0.3 is 10.2 Å². The Morgan fingerprint density at radius 1 is 1.25 bits per heavy atom. The van der Waals surface area contributed by atoms with Gasteiger partial charge in [-0.25, -0.2) is 13.2 Å². The molecule has 0 aromatic heterocycles. The van der Waals surface area contributed by atoms with Crippen LogP contribution >= 0.6 is 0 Å². The number of carbonyl (C=O) groups excluding carboxylic acids is 1. The predicted octanol–water partition coefficient (Wildman–Crippen LogP) is 2.50. The Morgan fingerprint density at radius 3 is 2.45 bits per heavy atom. The lowest BCUT2D eigenvalue weighted by Gasteiger charge is -2.33. The Bertz CT molecular complexity index is 581. The van der Waals surface area contributed by atoms with E-state index in [1.165, 1.54) is 12.1 Å². The molecular formula is C14H20N2O3S. The highest BCUT2D eigenvalue weighted by molar-refractivity contribution is 7.90. The number of hydrogen-bond donors (Lipinski definition) is 1. The molecule has 0 bridgehead atoms. The van der Waals surface area contributed by atoms with E-state index in [0.717, 1.165) is 32.1 Å². The second-order valence-electron chi connectivity index (χ2n) is 5.26. The van der Waals surface area contributed by atoms with Gasteiger partial charge in [0.2, 0.25) is 0 Å². The Hall–Kier alpha value is -1.56. The van der Waals surface area contributed by atoms with Gasteiger partial charge in [-0.1, -0.05) is 0 Å². The van der Waals surface area contributed by atoms with Crippen molar-refractivity contribution in [2.45, 2.75) is 37.1 Å². The summed E-state index contributed by atoms with van der Waals surface area (Å²) in [6.45, 7) is 2.82. The van der Waals surface area contributed by atoms with Crippen molar-refractivity contribution < 1.29 is 13.2 Å². The topological polar surface area (TPSA) is 66.5 Å². The van der Waals surface area contributed by atoms with Crippen LogP contribution in [-0.2, 0) is 9.84 Å². The van der Waals surface area contributed by atoms with Crippen molar-refractivity contribution in [1.82, 2.24) is 4.90 Å². The van der Waals surface area contributed by atoms with Gasteiger partial charge in [0.15, 0.2) is 9.84 Å². The molecule has 1 fully saturated rings. The molecule has 1 aromatic carbocycles. The summed E-state index contributed by atoms with van der Waals surface area (Å²) in [6, 6.07) is 6.37. The lowest BCUT2D eigenvalue weighted by molar-refractivity contribution is 0.170. The number of sulfone groups is 1. The van der Waals surface area contributed by atoms with E-state index in [9.17, 15) is 13.2 Å². The summed E-state index contributed by atoms with van der Waals surface area (Å²) in [7, 11) is -3.20. The minimum Gasteiger partial charge on any atom is -0.322 e. The van der Waals surface area contributed by atoms with Crippen LogP contribution in [0, 0.1) is 0 Å². The monoisotopic (exact) mass is 296 g/mol. The van der Waals surface area contributed by atoms with Crippen LogP contribution in [0.1, 0.15) is 26.2 Å². The Labute approximate surface area is 119 Å². The van der Waals surface area contributed by atoms with Crippen LogP contribution in [0.4, 0.5) is 10.5 Å². The second kappa shape index (κ2) is 5.83. The number of rotatable bonds is 2. The first-order valence-electron chi connectivity index (χ1n) is 6.75. The van der Waals surface area contributed by atoms with E-state index in [2.05, 4.69) is 5.32 Å². The number of hydrogen-bond acceptors (Lipinski definition) is 3. The minimum absolute atomic E-state index is 0.121. The Balaban J connectivity index is 2.04. The number of benzene rings is 1. The number of nitrogens with zero attached hydrogens (tertiary/aromatic N) is 1. The third-order valence-corrected chi connectivity index (χ3v) is 4.73. The van der Waals surface area contributed by atoms with E-state index in [1.54, 1.807) is 12.1 Å². The predicted molar refractivity (Wildman–Crippen MR) is 78.6 cm³/mol. The van der Waals surface area contributed by atoms with Crippen molar-refractivity contribution in [2.24, 2.45) is 0 Å². The first-order valence-corrected chi connectivity index (χ1v) is 8.65. The molecule has 0 aliphatic carbocycles. The van der Waals surface area contributed by atoms with Crippen molar-refractivity contribution in [3.63, 3.8) is 0 Å². The largest absolute Gasteiger partial charge is 0.322 e. The number of carbonyl (C=O) groups is 1. The molecule has 2 rings (SSSR count). The van der Waals surface area contributed by atoms with Gasteiger partial charge >= 0.3 is 6.03 Å². The molecule has 1 aliphatic rings. The quantitative estimate of drug-likeness (QED) is 0.911. The van der Waals surface area contributed by atoms with E-state index >= 15 is 0 Å². The fourth-order valence-electron chi connectivity index (χ4n) is 2.38. The molecule has 1 atom stereocenters. The summed E-state index contributed by atoms with van der Waals surface area (Å²) >= 11 is 0. The smallest absolute Gasteiger partial charge is 0.322 e. The molecule has 110 valence electrons. The SMILES string of the molecule is C[C@H]1CCCCN1C(=O)Nc1ccc(S(C)(=O)=O)cc1. The van der Waals surface area contributed by atoms with Crippen molar-refractivity contribution in [1.29, 1.82) is 0 Å². The molecule has 1 aliphatic heterocycles. The zero-order valence-corrected chi connectivity index (χ0v) is 12.6. The normalized spacial score (nSPS) is 19.7. The van der Waals surface area contributed by atoms with Crippen LogP contribution < -0.4 is 5.32 Å². The maximum Gasteiger partial charge on any atom is 0.322 e. The highest BCUT2D eigenvalue weighted by Gasteiger charge is 2.23. The van der Waals surface area contributed by atoms with Gasteiger partial charge in [-0.15, -0.1) is 0 Å².